The zero-order chi connectivity index (χ0) is 19.8. The fraction of sp³-hybridized carbons (Fsp3) is 0.435. The molecule has 0 saturated carbocycles. The third kappa shape index (κ3) is 6.08. The van der Waals surface area contributed by atoms with E-state index in [4.69, 9.17) is 9.47 Å². The molecule has 0 radical (unpaired) electrons. The van der Waals surface area contributed by atoms with E-state index in [2.05, 4.69) is 40.5 Å². The van der Waals surface area contributed by atoms with E-state index >= 15 is 0 Å². The highest BCUT2D eigenvalue weighted by atomic mass is 16.5. The first-order valence-corrected chi connectivity index (χ1v) is 9.92. The zero-order valence-corrected chi connectivity index (χ0v) is 16.9. The Kier molecular flexibility index (Phi) is 7.46. The van der Waals surface area contributed by atoms with Gasteiger partial charge in [0, 0.05) is 32.6 Å². The lowest BCUT2D eigenvalue weighted by molar-refractivity contribution is -0.121. The molecule has 0 bridgehead atoms. The monoisotopic (exact) mass is 382 g/mol. The van der Waals surface area contributed by atoms with E-state index in [0.717, 1.165) is 61.7 Å². The second kappa shape index (κ2) is 10.2. The molecule has 1 aliphatic heterocycles. The van der Waals surface area contributed by atoms with Crippen molar-refractivity contribution >= 4 is 5.91 Å². The number of benzene rings is 2. The second-order valence-corrected chi connectivity index (χ2v) is 7.29. The molecule has 28 heavy (non-hydrogen) atoms. The van der Waals surface area contributed by atoms with E-state index in [9.17, 15) is 4.79 Å². The molecular formula is C23H30N2O3. The van der Waals surface area contributed by atoms with Gasteiger partial charge in [0.05, 0.1) is 20.3 Å². The molecule has 5 nitrogen and oxygen atoms in total. The summed E-state index contributed by atoms with van der Waals surface area (Å²) in [6.45, 7) is 7.16. The van der Waals surface area contributed by atoms with Crippen LogP contribution in [-0.4, -0.2) is 44.2 Å². The molecule has 2 aromatic carbocycles. The highest BCUT2D eigenvalue weighted by molar-refractivity contribution is 5.76. The van der Waals surface area contributed by atoms with Crippen LogP contribution in [0.15, 0.2) is 42.5 Å². The number of nitrogens with one attached hydrogen (secondary N) is 1. The van der Waals surface area contributed by atoms with Crippen LogP contribution >= 0.6 is 0 Å². The number of carbonyl (C=O) groups is 1. The van der Waals surface area contributed by atoms with Crippen molar-refractivity contribution in [3.05, 3.63) is 64.7 Å². The number of ether oxygens (including phenoxy) is 2. The van der Waals surface area contributed by atoms with E-state index in [1.807, 2.05) is 19.1 Å². The van der Waals surface area contributed by atoms with E-state index in [1.165, 1.54) is 5.56 Å². The molecule has 5 heteroatoms. The van der Waals surface area contributed by atoms with Gasteiger partial charge in [-0.25, -0.2) is 0 Å². The summed E-state index contributed by atoms with van der Waals surface area (Å²) in [4.78, 5) is 14.6. The number of hydrogen-bond acceptors (Lipinski definition) is 4. The van der Waals surface area contributed by atoms with Gasteiger partial charge in [0.1, 0.15) is 5.75 Å². The van der Waals surface area contributed by atoms with Crippen molar-refractivity contribution in [1.82, 2.24) is 10.2 Å². The lowest BCUT2D eigenvalue weighted by Gasteiger charge is -2.26. The molecule has 1 aliphatic rings. The molecular weight excluding hydrogens is 352 g/mol. The molecule has 1 heterocycles. The first kappa shape index (κ1) is 20.4. The van der Waals surface area contributed by atoms with Gasteiger partial charge in [0.25, 0.3) is 0 Å². The average Bonchev–Trinajstić information content (AvgIpc) is 2.72. The highest BCUT2D eigenvalue weighted by Gasteiger charge is 2.10. The normalized spacial score (nSPS) is 14.6. The van der Waals surface area contributed by atoms with Crippen LogP contribution < -0.4 is 10.1 Å². The number of carbonyl (C=O) groups excluding carboxylic acids is 1. The van der Waals surface area contributed by atoms with Crippen LogP contribution in [0.1, 0.15) is 28.7 Å². The van der Waals surface area contributed by atoms with Crippen LogP contribution in [0.4, 0.5) is 0 Å². The standard InChI is InChI=1S/C23H30N2O3/c1-18-15-19(7-9-22(18)27-2)8-10-23(26)24-16-20-3-5-21(6-4-20)17-25-11-13-28-14-12-25/h3-7,9,15H,8,10-14,16-17H2,1-2H3,(H,24,26). The lowest BCUT2D eigenvalue weighted by atomic mass is 10.1. The maximum absolute atomic E-state index is 12.2. The molecule has 0 atom stereocenters. The lowest BCUT2D eigenvalue weighted by Crippen LogP contribution is -2.35. The van der Waals surface area contributed by atoms with Gasteiger partial charge in [-0.2, -0.15) is 0 Å². The Morgan fingerprint density at radius 1 is 1.07 bits per heavy atom. The summed E-state index contributed by atoms with van der Waals surface area (Å²) in [6.07, 6.45) is 1.22. The molecule has 1 fully saturated rings. The van der Waals surface area contributed by atoms with Gasteiger partial charge in [-0.3, -0.25) is 9.69 Å². The summed E-state index contributed by atoms with van der Waals surface area (Å²) in [5, 5.41) is 3.02. The number of hydrogen-bond donors (Lipinski definition) is 1. The third-order valence-corrected chi connectivity index (χ3v) is 5.12. The van der Waals surface area contributed by atoms with Gasteiger partial charge in [-0.15, -0.1) is 0 Å². The number of nitrogens with zero attached hydrogens (tertiary/aromatic N) is 1. The SMILES string of the molecule is COc1ccc(CCC(=O)NCc2ccc(CN3CCOCC3)cc2)cc1C. The highest BCUT2D eigenvalue weighted by Crippen LogP contribution is 2.19. The maximum Gasteiger partial charge on any atom is 0.220 e. The molecule has 0 aromatic heterocycles. The van der Waals surface area contributed by atoms with Crippen molar-refractivity contribution in [3.63, 3.8) is 0 Å². The Balaban J connectivity index is 1.40. The van der Waals surface area contributed by atoms with E-state index in [1.54, 1.807) is 7.11 Å². The van der Waals surface area contributed by atoms with Gasteiger partial charge < -0.3 is 14.8 Å². The third-order valence-electron chi connectivity index (χ3n) is 5.12. The van der Waals surface area contributed by atoms with E-state index in [-0.39, 0.29) is 5.91 Å². The van der Waals surface area contributed by atoms with Gasteiger partial charge in [-0.05, 0) is 41.7 Å². The molecule has 0 spiro atoms. The minimum absolute atomic E-state index is 0.0749. The predicted molar refractivity (Wildman–Crippen MR) is 110 cm³/mol. The summed E-state index contributed by atoms with van der Waals surface area (Å²) in [7, 11) is 1.67. The minimum atomic E-state index is 0.0749. The van der Waals surface area contributed by atoms with E-state index < -0.39 is 0 Å². The first-order chi connectivity index (χ1) is 13.6. The Hall–Kier alpha value is -2.37. The summed E-state index contributed by atoms with van der Waals surface area (Å²) in [5.74, 6) is 0.955. The van der Waals surface area contributed by atoms with Gasteiger partial charge in [-0.1, -0.05) is 36.4 Å². The van der Waals surface area contributed by atoms with Gasteiger partial charge >= 0.3 is 0 Å². The number of amides is 1. The van der Waals surface area contributed by atoms with Crippen molar-refractivity contribution in [2.45, 2.75) is 32.9 Å². The first-order valence-electron chi connectivity index (χ1n) is 9.92. The largest absolute Gasteiger partial charge is 0.496 e. The summed E-state index contributed by atoms with van der Waals surface area (Å²) >= 11 is 0. The van der Waals surface area contributed by atoms with Crippen molar-refractivity contribution in [3.8, 4) is 5.75 Å². The van der Waals surface area contributed by atoms with Crippen LogP contribution in [-0.2, 0) is 29.0 Å². The molecule has 0 unspecified atom stereocenters. The van der Waals surface area contributed by atoms with Crippen molar-refractivity contribution < 1.29 is 14.3 Å². The summed E-state index contributed by atoms with van der Waals surface area (Å²) in [5.41, 5.74) is 4.67. The van der Waals surface area contributed by atoms with Crippen LogP contribution in [0.3, 0.4) is 0 Å². The topological polar surface area (TPSA) is 50.8 Å². The van der Waals surface area contributed by atoms with Crippen molar-refractivity contribution in [1.29, 1.82) is 0 Å². The van der Waals surface area contributed by atoms with Crippen LogP contribution in [0.25, 0.3) is 0 Å². The summed E-state index contributed by atoms with van der Waals surface area (Å²) < 4.78 is 10.7. The molecule has 0 aliphatic carbocycles. The molecule has 150 valence electrons. The number of rotatable bonds is 8. The second-order valence-electron chi connectivity index (χ2n) is 7.29. The predicted octanol–water partition coefficient (Wildman–Crippen LogP) is 3.08. The minimum Gasteiger partial charge on any atom is -0.496 e. The quantitative estimate of drug-likeness (QED) is 0.762. The molecule has 1 amide bonds. The van der Waals surface area contributed by atoms with Crippen molar-refractivity contribution in [2.75, 3.05) is 33.4 Å². The van der Waals surface area contributed by atoms with Crippen molar-refractivity contribution in [2.24, 2.45) is 0 Å². The molecule has 2 aromatic rings. The maximum atomic E-state index is 12.2. The Labute approximate surface area is 167 Å². The number of methoxy groups -OCH3 is 1. The number of aryl methyl sites for hydroxylation is 2. The van der Waals surface area contributed by atoms with Crippen LogP contribution in [0.5, 0.6) is 5.75 Å². The zero-order valence-electron chi connectivity index (χ0n) is 16.9. The Bertz CT molecular complexity index is 768. The van der Waals surface area contributed by atoms with E-state index in [0.29, 0.717) is 13.0 Å². The number of morpholine rings is 1. The van der Waals surface area contributed by atoms with Crippen LogP contribution in [0.2, 0.25) is 0 Å². The molecule has 1 saturated heterocycles. The Morgan fingerprint density at radius 2 is 1.75 bits per heavy atom. The summed E-state index contributed by atoms with van der Waals surface area (Å²) in [6, 6.07) is 14.6. The Morgan fingerprint density at radius 3 is 2.43 bits per heavy atom. The van der Waals surface area contributed by atoms with Crippen LogP contribution in [0, 0.1) is 6.92 Å². The smallest absolute Gasteiger partial charge is 0.220 e. The average molecular weight is 383 g/mol. The fourth-order valence-electron chi connectivity index (χ4n) is 3.42. The van der Waals surface area contributed by atoms with Gasteiger partial charge in [0.15, 0.2) is 0 Å². The van der Waals surface area contributed by atoms with Gasteiger partial charge in [0.2, 0.25) is 5.91 Å². The fourth-order valence-corrected chi connectivity index (χ4v) is 3.42. The molecule has 3 rings (SSSR count). The molecule has 1 N–H and O–H groups in total.